The van der Waals surface area contributed by atoms with Crippen LogP contribution in [-0.4, -0.2) is 65.5 Å². The minimum atomic E-state index is -1.33. The number of ether oxygens (including phenoxy) is 1. The van der Waals surface area contributed by atoms with Crippen LogP contribution in [0, 0.1) is 17.8 Å². The fourth-order valence-electron chi connectivity index (χ4n) is 4.16. The summed E-state index contributed by atoms with van der Waals surface area (Å²) >= 11 is 0. The Morgan fingerprint density at radius 2 is 1.59 bits per heavy atom. The second-order valence-corrected chi connectivity index (χ2v) is 11.0. The van der Waals surface area contributed by atoms with Gasteiger partial charge in [-0.3, -0.25) is 19.2 Å². The molecule has 0 fully saturated rings. The first-order valence-electron chi connectivity index (χ1n) is 13.5. The third-order valence-electron chi connectivity index (χ3n) is 6.55. The summed E-state index contributed by atoms with van der Waals surface area (Å²) in [5.41, 5.74) is 0.132. The van der Waals surface area contributed by atoms with Crippen LogP contribution in [0.4, 0.5) is 0 Å². The van der Waals surface area contributed by atoms with Gasteiger partial charge in [0.1, 0.15) is 30.5 Å². The number of rotatable bonds is 5. The van der Waals surface area contributed by atoms with E-state index in [1.54, 1.807) is 18.2 Å². The zero-order chi connectivity index (χ0) is 29.3. The SMILES string of the molecule is CC(C)C[C@H]1NC(=O)CC[C@@H](C(=O)O)NC(=O)c2ccccc2OC[C@@H](C(C)C)NC(=O)[C@H](C(C)C)NC1=O. The Labute approximate surface area is 229 Å². The van der Waals surface area contributed by atoms with Crippen LogP contribution >= 0.6 is 0 Å². The van der Waals surface area contributed by atoms with Gasteiger partial charge < -0.3 is 31.1 Å². The average Bonchev–Trinajstić information content (AvgIpc) is 2.85. The number of carbonyl (C=O) groups is 5. The molecule has 4 atom stereocenters. The molecule has 11 nitrogen and oxygen atoms in total. The van der Waals surface area contributed by atoms with Gasteiger partial charge in [-0.25, -0.2) is 4.79 Å². The van der Waals surface area contributed by atoms with E-state index >= 15 is 0 Å². The van der Waals surface area contributed by atoms with Crippen molar-refractivity contribution in [3.05, 3.63) is 29.8 Å². The van der Waals surface area contributed by atoms with Gasteiger partial charge >= 0.3 is 5.97 Å². The molecule has 0 spiro atoms. The molecule has 0 radical (unpaired) electrons. The Balaban J connectivity index is 2.46. The molecule has 0 unspecified atom stereocenters. The maximum Gasteiger partial charge on any atom is 0.326 e. The van der Waals surface area contributed by atoms with Crippen LogP contribution in [0.5, 0.6) is 5.75 Å². The molecular weight excluding hydrogens is 504 g/mol. The van der Waals surface area contributed by atoms with Crippen molar-refractivity contribution in [2.45, 2.75) is 85.0 Å². The Kier molecular flexibility index (Phi) is 11.7. The quantitative estimate of drug-likeness (QED) is 0.376. The van der Waals surface area contributed by atoms with E-state index in [4.69, 9.17) is 4.74 Å². The van der Waals surface area contributed by atoms with Gasteiger partial charge in [0.25, 0.3) is 5.91 Å². The first-order valence-corrected chi connectivity index (χ1v) is 13.5. The van der Waals surface area contributed by atoms with Crippen LogP contribution in [0.15, 0.2) is 24.3 Å². The number of fused-ring (bicyclic) bond motifs is 1. The van der Waals surface area contributed by atoms with Gasteiger partial charge in [-0.2, -0.15) is 0 Å². The van der Waals surface area contributed by atoms with Crippen molar-refractivity contribution in [2.75, 3.05) is 6.61 Å². The molecule has 39 heavy (non-hydrogen) atoms. The lowest BCUT2D eigenvalue weighted by atomic mass is 9.98. The summed E-state index contributed by atoms with van der Waals surface area (Å²) in [4.78, 5) is 64.2. The monoisotopic (exact) mass is 546 g/mol. The Morgan fingerprint density at radius 3 is 2.18 bits per heavy atom. The first-order chi connectivity index (χ1) is 18.3. The van der Waals surface area contributed by atoms with Crippen LogP contribution in [0.1, 0.15) is 71.2 Å². The van der Waals surface area contributed by atoms with Crippen molar-refractivity contribution in [2.24, 2.45) is 17.8 Å². The van der Waals surface area contributed by atoms with Crippen molar-refractivity contribution in [3.63, 3.8) is 0 Å². The zero-order valence-corrected chi connectivity index (χ0v) is 23.6. The lowest BCUT2D eigenvalue weighted by Crippen LogP contribution is -2.58. The number of carboxylic acid groups (broad SMARTS) is 1. The molecule has 0 saturated carbocycles. The van der Waals surface area contributed by atoms with Gasteiger partial charge in [-0.05, 0) is 42.7 Å². The molecule has 0 saturated heterocycles. The van der Waals surface area contributed by atoms with Gasteiger partial charge in [-0.1, -0.05) is 53.7 Å². The van der Waals surface area contributed by atoms with Crippen molar-refractivity contribution < 1.29 is 33.8 Å². The number of carboxylic acids is 1. The maximum absolute atomic E-state index is 13.3. The maximum atomic E-state index is 13.3. The minimum Gasteiger partial charge on any atom is -0.491 e. The Bertz CT molecular complexity index is 1040. The number of aliphatic carboxylic acids is 1. The van der Waals surface area contributed by atoms with Gasteiger partial charge in [0, 0.05) is 6.42 Å². The Morgan fingerprint density at radius 1 is 0.923 bits per heavy atom. The number of hydrogen-bond acceptors (Lipinski definition) is 6. The van der Waals surface area contributed by atoms with E-state index in [-0.39, 0.29) is 54.4 Å². The zero-order valence-electron chi connectivity index (χ0n) is 23.6. The summed E-state index contributed by atoms with van der Waals surface area (Å²) in [5.74, 6) is -3.39. The molecule has 1 heterocycles. The van der Waals surface area contributed by atoms with E-state index in [0.717, 1.165) is 0 Å². The Hall–Kier alpha value is -3.63. The van der Waals surface area contributed by atoms with Crippen molar-refractivity contribution in [3.8, 4) is 5.75 Å². The fraction of sp³-hybridized carbons (Fsp3) is 0.607. The van der Waals surface area contributed by atoms with E-state index in [2.05, 4.69) is 21.3 Å². The molecule has 5 N–H and O–H groups in total. The third kappa shape index (κ3) is 9.56. The van der Waals surface area contributed by atoms with E-state index in [1.807, 2.05) is 41.5 Å². The van der Waals surface area contributed by atoms with E-state index < -0.39 is 47.9 Å². The van der Waals surface area contributed by atoms with Crippen molar-refractivity contribution in [1.82, 2.24) is 21.3 Å². The van der Waals surface area contributed by atoms with Gasteiger partial charge in [0.15, 0.2) is 0 Å². The predicted octanol–water partition coefficient (Wildman–Crippen LogP) is 1.85. The largest absolute Gasteiger partial charge is 0.491 e. The molecule has 1 aliphatic rings. The van der Waals surface area contributed by atoms with Crippen LogP contribution in [0.25, 0.3) is 0 Å². The third-order valence-corrected chi connectivity index (χ3v) is 6.55. The van der Waals surface area contributed by atoms with E-state index in [9.17, 15) is 29.1 Å². The standard InChI is InChI=1S/C28H42N4O7/c1-15(2)13-20-26(35)32-24(17(5)6)27(36)31-21(16(3)4)14-39-22-10-8-7-9-18(22)25(34)30-19(28(37)38)11-12-23(33)29-20/h7-10,15-17,19-21,24H,11-14H2,1-6H3,(H,29,33)(H,30,34)(H,31,36)(H,32,35)(H,37,38)/t19-,20+,21-,24-/m0/s1. The summed E-state index contributed by atoms with van der Waals surface area (Å²) in [5, 5.41) is 20.6. The van der Waals surface area contributed by atoms with E-state index in [0.29, 0.717) is 6.42 Å². The summed E-state index contributed by atoms with van der Waals surface area (Å²) in [6, 6.07) is 2.84. The smallest absolute Gasteiger partial charge is 0.326 e. The van der Waals surface area contributed by atoms with E-state index in [1.165, 1.54) is 6.07 Å². The molecule has 1 aromatic carbocycles. The first kappa shape index (κ1) is 31.6. The van der Waals surface area contributed by atoms with Gasteiger partial charge in [0.2, 0.25) is 17.7 Å². The topological polar surface area (TPSA) is 163 Å². The number of benzene rings is 1. The molecular formula is C28H42N4O7. The lowest BCUT2D eigenvalue weighted by Gasteiger charge is -2.29. The normalized spacial score (nSPS) is 24.0. The van der Waals surface area contributed by atoms with Crippen LogP contribution < -0.4 is 26.0 Å². The van der Waals surface area contributed by atoms with Crippen molar-refractivity contribution in [1.29, 1.82) is 0 Å². The van der Waals surface area contributed by atoms with Gasteiger partial charge in [-0.15, -0.1) is 0 Å². The molecule has 4 amide bonds. The number of amides is 4. The fourth-order valence-corrected chi connectivity index (χ4v) is 4.16. The van der Waals surface area contributed by atoms with Gasteiger partial charge in [0.05, 0.1) is 11.6 Å². The number of nitrogens with one attached hydrogen (secondary N) is 4. The molecule has 0 aromatic heterocycles. The molecule has 1 aromatic rings. The molecule has 1 aliphatic heterocycles. The van der Waals surface area contributed by atoms with Crippen LogP contribution in [-0.2, 0) is 19.2 Å². The highest BCUT2D eigenvalue weighted by Crippen LogP contribution is 2.20. The average molecular weight is 547 g/mol. The molecule has 216 valence electrons. The minimum absolute atomic E-state index is 0.0425. The lowest BCUT2D eigenvalue weighted by molar-refractivity contribution is -0.139. The number of hydrogen-bond donors (Lipinski definition) is 5. The van der Waals surface area contributed by atoms with Crippen LogP contribution in [0.2, 0.25) is 0 Å². The predicted molar refractivity (Wildman–Crippen MR) is 145 cm³/mol. The summed E-state index contributed by atoms with van der Waals surface area (Å²) in [6.45, 7) is 11.3. The second-order valence-electron chi connectivity index (χ2n) is 11.0. The molecule has 2 rings (SSSR count). The molecule has 0 bridgehead atoms. The number of para-hydroxylation sites is 1. The van der Waals surface area contributed by atoms with Crippen molar-refractivity contribution >= 4 is 29.6 Å². The molecule has 11 heteroatoms. The second kappa shape index (κ2) is 14.5. The molecule has 0 aliphatic carbocycles. The highest BCUT2D eigenvalue weighted by molar-refractivity contribution is 5.99. The summed E-state index contributed by atoms with van der Waals surface area (Å²) in [6.07, 6.45) is -0.0951. The highest BCUT2D eigenvalue weighted by atomic mass is 16.5. The summed E-state index contributed by atoms with van der Waals surface area (Å²) in [7, 11) is 0. The highest BCUT2D eigenvalue weighted by Gasteiger charge is 2.32. The summed E-state index contributed by atoms with van der Waals surface area (Å²) < 4.78 is 5.94. The number of carbonyl (C=O) groups excluding carboxylic acids is 4. The van der Waals surface area contributed by atoms with Crippen LogP contribution in [0.3, 0.4) is 0 Å².